The van der Waals surface area contributed by atoms with E-state index >= 15 is 0 Å². The molecular weight excluding hydrogens is 697 g/mol. The van der Waals surface area contributed by atoms with Crippen molar-refractivity contribution in [1.29, 1.82) is 0 Å². The Bertz CT molecular complexity index is 3240. The molecule has 0 aromatic heterocycles. The monoisotopic (exact) mass is 734 g/mol. The fourth-order valence-corrected chi connectivity index (χ4v) is 9.07. The second-order valence-electron chi connectivity index (χ2n) is 15.2. The van der Waals surface area contributed by atoms with Gasteiger partial charge in [-0.05, 0) is 122 Å². The van der Waals surface area contributed by atoms with Crippen molar-refractivity contribution < 1.29 is 0 Å². The molecule has 58 heavy (non-hydrogen) atoms. The first kappa shape index (κ1) is 33.8. The maximum Gasteiger partial charge on any atom is -0.00264 e. The smallest absolute Gasteiger partial charge is 0.00264 e. The van der Waals surface area contributed by atoms with Crippen LogP contribution in [0.15, 0.2) is 231 Å². The van der Waals surface area contributed by atoms with Gasteiger partial charge >= 0.3 is 0 Å². The van der Waals surface area contributed by atoms with Crippen LogP contribution in [0, 0.1) is 0 Å². The lowest BCUT2D eigenvalue weighted by atomic mass is 9.85. The van der Waals surface area contributed by atoms with Crippen molar-refractivity contribution >= 4 is 43.1 Å². The molecule has 0 amide bonds. The molecule has 0 radical (unpaired) electrons. The van der Waals surface area contributed by atoms with Crippen LogP contribution in [-0.4, -0.2) is 0 Å². The first-order chi connectivity index (χ1) is 28.8. The minimum Gasteiger partial charge on any atom is -0.0622 e. The van der Waals surface area contributed by atoms with Crippen LogP contribution in [0.1, 0.15) is 0 Å². The van der Waals surface area contributed by atoms with E-state index in [2.05, 4.69) is 231 Å². The van der Waals surface area contributed by atoms with Crippen LogP contribution in [0.25, 0.3) is 110 Å². The van der Waals surface area contributed by atoms with Gasteiger partial charge < -0.3 is 0 Å². The summed E-state index contributed by atoms with van der Waals surface area (Å²) in [7, 11) is 0. The third-order valence-corrected chi connectivity index (χ3v) is 11.9. The highest BCUT2D eigenvalue weighted by atomic mass is 14.2. The molecule has 0 spiro atoms. The zero-order valence-electron chi connectivity index (χ0n) is 31.9. The SMILES string of the molecule is c1ccc(-c2c(-c3cccc(-c4ccc(-c5c6ccccc6c(-c6ccc(-c7ccc8ccccc8c7)cc6)c6ccccc56)cc4)c3)ccc3ccccc23)cc1. The Morgan fingerprint density at radius 1 is 0.172 bits per heavy atom. The molecule has 0 saturated heterocycles. The van der Waals surface area contributed by atoms with Gasteiger partial charge in [0, 0.05) is 0 Å². The summed E-state index contributed by atoms with van der Waals surface area (Å²) in [5.74, 6) is 0. The van der Waals surface area contributed by atoms with E-state index in [1.165, 1.54) is 110 Å². The van der Waals surface area contributed by atoms with Crippen molar-refractivity contribution in [2.75, 3.05) is 0 Å². The van der Waals surface area contributed by atoms with Crippen LogP contribution in [-0.2, 0) is 0 Å². The summed E-state index contributed by atoms with van der Waals surface area (Å²) in [6.45, 7) is 0. The lowest BCUT2D eigenvalue weighted by Crippen LogP contribution is -1.91. The molecule has 0 N–H and O–H groups in total. The van der Waals surface area contributed by atoms with E-state index in [-0.39, 0.29) is 0 Å². The average Bonchev–Trinajstić information content (AvgIpc) is 3.30. The Morgan fingerprint density at radius 2 is 0.569 bits per heavy atom. The van der Waals surface area contributed by atoms with E-state index in [1.54, 1.807) is 0 Å². The van der Waals surface area contributed by atoms with Gasteiger partial charge in [-0.25, -0.2) is 0 Å². The average molecular weight is 735 g/mol. The minimum absolute atomic E-state index is 1.20. The largest absolute Gasteiger partial charge is 0.0622 e. The number of rotatable bonds is 6. The first-order valence-electron chi connectivity index (χ1n) is 20.1. The van der Waals surface area contributed by atoms with E-state index in [0.717, 1.165) is 0 Å². The van der Waals surface area contributed by atoms with Crippen molar-refractivity contribution in [3.8, 4) is 66.8 Å². The quantitative estimate of drug-likeness (QED) is 0.149. The standard InChI is InChI=1S/C58H38/c1-2-15-43(16-3-1)56-50-20-7-6-14-42(50)35-36-51(56)49-19-12-18-47(38-49)40-25-30-44(31-26-40)57-52-21-8-10-23-54(52)58(55-24-11-9-22-53(55)57)45-32-27-41(28-33-45)48-34-29-39-13-4-5-17-46(39)37-48/h1-38H. The van der Waals surface area contributed by atoms with Crippen LogP contribution < -0.4 is 0 Å². The predicted octanol–water partition coefficient (Wildman–Crippen LogP) is 16.3. The Labute approximate surface area is 339 Å². The van der Waals surface area contributed by atoms with E-state index in [9.17, 15) is 0 Å². The summed E-state index contributed by atoms with van der Waals surface area (Å²) in [6, 6.07) is 84.5. The third-order valence-electron chi connectivity index (χ3n) is 11.9. The topological polar surface area (TPSA) is 0 Å². The molecule has 0 aliphatic heterocycles. The van der Waals surface area contributed by atoms with Crippen LogP contribution in [0.5, 0.6) is 0 Å². The van der Waals surface area contributed by atoms with E-state index in [4.69, 9.17) is 0 Å². The first-order valence-corrected chi connectivity index (χ1v) is 20.1. The van der Waals surface area contributed by atoms with Crippen molar-refractivity contribution in [3.05, 3.63) is 231 Å². The number of hydrogen-bond donors (Lipinski definition) is 0. The van der Waals surface area contributed by atoms with Crippen molar-refractivity contribution in [2.45, 2.75) is 0 Å². The summed E-state index contributed by atoms with van der Waals surface area (Å²) in [4.78, 5) is 0. The molecule has 270 valence electrons. The molecule has 0 aliphatic rings. The number of fused-ring (bicyclic) bond motifs is 4. The van der Waals surface area contributed by atoms with Crippen molar-refractivity contribution in [1.82, 2.24) is 0 Å². The Kier molecular flexibility index (Phi) is 8.26. The second kappa shape index (κ2) is 14.2. The lowest BCUT2D eigenvalue weighted by Gasteiger charge is -2.18. The van der Waals surface area contributed by atoms with Gasteiger partial charge in [-0.2, -0.15) is 0 Å². The van der Waals surface area contributed by atoms with E-state index in [0.29, 0.717) is 0 Å². The summed E-state index contributed by atoms with van der Waals surface area (Å²) in [5, 5.41) is 10.1. The van der Waals surface area contributed by atoms with Gasteiger partial charge in [0.15, 0.2) is 0 Å². The molecule has 0 unspecified atom stereocenters. The summed E-state index contributed by atoms with van der Waals surface area (Å²) >= 11 is 0. The molecule has 0 heteroatoms. The van der Waals surface area contributed by atoms with Gasteiger partial charge in [0.2, 0.25) is 0 Å². The van der Waals surface area contributed by atoms with Crippen LogP contribution >= 0.6 is 0 Å². The maximum atomic E-state index is 2.34. The Hall–Kier alpha value is -7.54. The molecule has 11 rings (SSSR count). The molecule has 0 nitrogen and oxygen atoms in total. The number of hydrogen-bond acceptors (Lipinski definition) is 0. The summed E-state index contributed by atoms with van der Waals surface area (Å²) in [5.41, 5.74) is 14.8. The lowest BCUT2D eigenvalue weighted by molar-refractivity contribution is 1.58. The van der Waals surface area contributed by atoms with Gasteiger partial charge in [0.25, 0.3) is 0 Å². The Balaban J connectivity index is 0.985. The van der Waals surface area contributed by atoms with Gasteiger partial charge in [-0.3, -0.25) is 0 Å². The van der Waals surface area contributed by atoms with Crippen LogP contribution in [0.4, 0.5) is 0 Å². The van der Waals surface area contributed by atoms with Crippen LogP contribution in [0.3, 0.4) is 0 Å². The van der Waals surface area contributed by atoms with E-state index in [1.807, 2.05) is 0 Å². The molecule has 0 bridgehead atoms. The highest BCUT2D eigenvalue weighted by Gasteiger charge is 2.17. The highest BCUT2D eigenvalue weighted by molar-refractivity contribution is 6.21. The molecule has 0 atom stereocenters. The highest BCUT2D eigenvalue weighted by Crippen LogP contribution is 2.45. The molecule has 11 aromatic rings. The molecule has 0 fully saturated rings. The predicted molar refractivity (Wildman–Crippen MR) is 249 cm³/mol. The summed E-state index contributed by atoms with van der Waals surface area (Å²) in [6.07, 6.45) is 0. The fourth-order valence-electron chi connectivity index (χ4n) is 9.07. The fraction of sp³-hybridized carbons (Fsp3) is 0. The van der Waals surface area contributed by atoms with Crippen molar-refractivity contribution in [3.63, 3.8) is 0 Å². The second-order valence-corrected chi connectivity index (χ2v) is 15.2. The summed E-state index contributed by atoms with van der Waals surface area (Å²) < 4.78 is 0. The minimum atomic E-state index is 1.20. The zero-order valence-corrected chi connectivity index (χ0v) is 31.9. The third kappa shape index (κ3) is 5.86. The van der Waals surface area contributed by atoms with Crippen LogP contribution in [0.2, 0.25) is 0 Å². The molecular formula is C58H38. The normalized spacial score (nSPS) is 11.4. The molecule has 11 aromatic carbocycles. The van der Waals surface area contributed by atoms with Gasteiger partial charge in [-0.1, -0.05) is 218 Å². The molecule has 0 heterocycles. The number of benzene rings is 11. The maximum absolute atomic E-state index is 2.34. The van der Waals surface area contributed by atoms with Gasteiger partial charge in [0.05, 0.1) is 0 Å². The van der Waals surface area contributed by atoms with E-state index < -0.39 is 0 Å². The Morgan fingerprint density at radius 3 is 1.17 bits per heavy atom. The van der Waals surface area contributed by atoms with Crippen molar-refractivity contribution in [2.24, 2.45) is 0 Å². The molecule has 0 saturated carbocycles. The molecule has 0 aliphatic carbocycles. The zero-order chi connectivity index (χ0) is 38.4. The van der Waals surface area contributed by atoms with Gasteiger partial charge in [-0.15, -0.1) is 0 Å². The van der Waals surface area contributed by atoms with Gasteiger partial charge in [0.1, 0.15) is 0 Å².